The van der Waals surface area contributed by atoms with E-state index < -0.39 is 5.91 Å². The Bertz CT molecular complexity index is 762. The monoisotopic (exact) mass is 362 g/mol. The minimum atomic E-state index is -0.597. The molecule has 0 spiro atoms. The van der Waals surface area contributed by atoms with Crippen molar-refractivity contribution in [3.63, 3.8) is 0 Å². The van der Waals surface area contributed by atoms with E-state index in [-0.39, 0.29) is 18.6 Å². The van der Waals surface area contributed by atoms with Gasteiger partial charge in [0, 0.05) is 10.6 Å². The summed E-state index contributed by atoms with van der Waals surface area (Å²) >= 11 is 5.87. The highest BCUT2D eigenvalue weighted by Crippen LogP contribution is 2.28. The van der Waals surface area contributed by atoms with E-state index in [9.17, 15) is 9.59 Å². The van der Waals surface area contributed by atoms with Gasteiger partial charge >= 0.3 is 0 Å². The minimum absolute atomic E-state index is 0.193. The van der Waals surface area contributed by atoms with Gasteiger partial charge in [0.2, 0.25) is 0 Å². The number of amides is 2. The second kappa shape index (κ2) is 8.39. The summed E-state index contributed by atoms with van der Waals surface area (Å²) in [4.78, 5) is 23.2. The van der Waals surface area contributed by atoms with Crippen LogP contribution in [0.2, 0.25) is 5.02 Å². The average Bonchev–Trinajstić information content (AvgIpc) is 2.60. The topological polar surface area (TPSA) is 90.7 Å². The largest absolute Gasteiger partial charge is 0.493 e. The van der Waals surface area contributed by atoms with Crippen LogP contribution in [0.1, 0.15) is 28.9 Å². The molecule has 0 saturated heterocycles. The summed E-state index contributed by atoms with van der Waals surface area (Å²) in [5.74, 6) is -0.181. The standard InChI is InChI=1S/C18H19ClN2O4/c1-11(12-3-6-14(19)7-4-12)21-18(23)13-5-8-15(16(9-13)24-2)25-10-17(20)22/h3-9,11H,10H2,1-2H3,(H2,20,22)(H,21,23). The number of ether oxygens (including phenoxy) is 2. The van der Waals surface area contributed by atoms with Crippen LogP contribution in [0, 0.1) is 0 Å². The number of hydrogen-bond donors (Lipinski definition) is 2. The summed E-state index contributed by atoms with van der Waals surface area (Å²) < 4.78 is 10.4. The van der Waals surface area contributed by atoms with E-state index in [2.05, 4.69) is 5.32 Å². The first-order valence-electron chi connectivity index (χ1n) is 7.56. The summed E-state index contributed by atoms with van der Waals surface area (Å²) in [6.07, 6.45) is 0. The molecule has 2 amide bonds. The van der Waals surface area contributed by atoms with Crippen LogP contribution < -0.4 is 20.5 Å². The van der Waals surface area contributed by atoms with E-state index in [4.69, 9.17) is 26.8 Å². The van der Waals surface area contributed by atoms with Gasteiger partial charge in [0.15, 0.2) is 18.1 Å². The molecule has 0 saturated carbocycles. The third-order valence-electron chi connectivity index (χ3n) is 3.51. The zero-order chi connectivity index (χ0) is 18.4. The van der Waals surface area contributed by atoms with Gasteiger partial charge in [0.25, 0.3) is 11.8 Å². The van der Waals surface area contributed by atoms with Gasteiger partial charge in [0.1, 0.15) is 0 Å². The number of halogens is 1. The Morgan fingerprint density at radius 1 is 1.16 bits per heavy atom. The summed E-state index contributed by atoms with van der Waals surface area (Å²) in [6.45, 7) is 1.61. The Kier molecular flexibility index (Phi) is 6.25. The predicted octanol–water partition coefficient (Wildman–Crippen LogP) is 2.70. The Morgan fingerprint density at radius 2 is 1.84 bits per heavy atom. The van der Waals surface area contributed by atoms with E-state index >= 15 is 0 Å². The van der Waals surface area contributed by atoms with Gasteiger partial charge in [-0.05, 0) is 42.8 Å². The maximum Gasteiger partial charge on any atom is 0.255 e. The van der Waals surface area contributed by atoms with Crippen LogP contribution in [0.5, 0.6) is 11.5 Å². The molecule has 25 heavy (non-hydrogen) atoms. The van der Waals surface area contributed by atoms with Crippen molar-refractivity contribution in [2.24, 2.45) is 5.73 Å². The second-order valence-corrected chi connectivity index (χ2v) is 5.80. The number of rotatable bonds is 7. The van der Waals surface area contributed by atoms with Crippen LogP contribution >= 0.6 is 11.6 Å². The van der Waals surface area contributed by atoms with Crippen molar-refractivity contribution in [3.8, 4) is 11.5 Å². The maximum absolute atomic E-state index is 12.4. The number of nitrogens with two attached hydrogens (primary N) is 1. The molecular formula is C18H19ClN2O4. The van der Waals surface area contributed by atoms with Crippen molar-refractivity contribution in [1.82, 2.24) is 5.32 Å². The Balaban J connectivity index is 2.10. The maximum atomic E-state index is 12.4. The Labute approximate surface area is 150 Å². The third kappa shape index (κ3) is 5.12. The number of carbonyl (C=O) groups excluding carboxylic acids is 2. The van der Waals surface area contributed by atoms with Crippen molar-refractivity contribution in [2.45, 2.75) is 13.0 Å². The van der Waals surface area contributed by atoms with Crippen molar-refractivity contribution in [2.75, 3.05) is 13.7 Å². The van der Waals surface area contributed by atoms with Gasteiger partial charge in [-0.1, -0.05) is 23.7 Å². The molecule has 0 aromatic heterocycles. The quantitative estimate of drug-likeness (QED) is 0.792. The second-order valence-electron chi connectivity index (χ2n) is 5.37. The zero-order valence-corrected chi connectivity index (χ0v) is 14.7. The Hall–Kier alpha value is -2.73. The summed E-state index contributed by atoms with van der Waals surface area (Å²) in [6, 6.07) is 11.7. The van der Waals surface area contributed by atoms with Crippen molar-refractivity contribution in [1.29, 1.82) is 0 Å². The fourth-order valence-corrected chi connectivity index (χ4v) is 2.32. The minimum Gasteiger partial charge on any atom is -0.493 e. The first-order chi connectivity index (χ1) is 11.9. The lowest BCUT2D eigenvalue weighted by molar-refractivity contribution is -0.119. The van der Waals surface area contributed by atoms with E-state index in [0.29, 0.717) is 22.1 Å². The molecule has 0 fully saturated rings. The smallest absolute Gasteiger partial charge is 0.255 e. The zero-order valence-electron chi connectivity index (χ0n) is 13.9. The van der Waals surface area contributed by atoms with Crippen LogP contribution in [0.4, 0.5) is 0 Å². The lowest BCUT2D eigenvalue weighted by atomic mass is 10.1. The molecule has 132 valence electrons. The lowest BCUT2D eigenvalue weighted by Crippen LogP contribution is -2.26. The highest BCUT2D eigenvalue weighted by Gasteiger charge is 2.14. The number of nitrogens with one attached hydrogen (secondary N) is 1. The highest BCUT2D eigenvalue weighted by atomic mass is 35.5. The lowest BCUT2D eigenvalue weighted by Gasteiger charge is -2.16. The fraction of sp³-hybridized carbons (Fsp3) is 0.222. The van der Waals surface area contributed by atoms with Crippen molar-refractivity contribution in [3.05, 3.63) is 58.6 Å². The van der Waals surface area contributed by atoms with Crippen LogP contribution in [0.15, 0.2) is 42.5 Å². The highest BCUT2D eigenvalue weighted by molar-refractivity contribution is 6.30. The molecule has 6 nitrogen and oxygen atoms in total. The number of carbonyl (C=O) groups is 2. The number of benzene rings is 2. The van der Waals surface area contributed by atoms with Gasteiger partial charge in [-0.15, -0.1) is 0 Å². The number of primary amides is 1. The molecule has 0 bridgehead atoms. The third-order valence-corrected chi connectivity index (χ3v) is 3.77. The SMILES string of the molecule is COc1cc(C(=O)NC(C)c2ccc(Cl)cc2)ccc1OCC(N)=O. The summed E-state index contributed by atoms with van der Waals surface area (Å²) in [5.41, 5.74) is 6.40. The summed E-state index contributed by atoms with van der Waals surface area (Å²) in [5, 5.41) is 3.54. The van der Waals surface area contributed by atoms with Crippen molar-refractivity contribution >= 4 is 23.4 Å². The van der Waals surface area contributed by atoms with Gasteiger partial charge in [-0.25, -0.2) is 0 Å². The van der Waals surface area contributed by atoms with Gasteiger partial charge in [0.05, 0.1) is 13.2 Å². The first-order valence-corrected chi connectivity index (χ1v) is 7.94. The van der Waals surface area contributed by atoms with Crippen molar-refractivity contribution < 1.29 is 19.1 Å². The first kappa shape index (κ1) is 18.6. The van der Waals surface area contributed by atoms with Crippen LogP contribution in [0.25, 0.3) is 0 Å². The molecule has 0 radical (unpaired) electrons. The molecule has 0 aliphatic carbocycles. The van der Waals surface area contributed by atoms with E-state index in [1.807, 2.05) is 19.1 Å². The molecule has 1 atom stereocenters. The molecule has 2 aromatic rings. The van der Waals surface area contributed by atoms with Crippen LogP contribution in [-0.2, 0) is 4.79 Å². The molecule has 7 heteroatoms. The van der Waals surface area contributed by atoms with E-state index in [1.165, 1.54) is 7.11 Å². The molecule has 2 rings (SSSR count). The van der Waals surface area contributed by atoms with Gasteiger partial charge < -0.3 is 20.5 Å². The summed E-state index contributed by atoms with van der Waals surface area (Å²) in [7, 11) is 1.45. The Morgan fingerprint density at radius 3 is 2.44 bits per heavy atom. The normalized spacial score (nSPS) is 11.5. The molecule has 0 aliphatic rings. The fourth-order valence-electron chi connectivity index (χ4n) is 2.19. The predicted molar refractivity (Wildman–Crippen MR) is 95.0 cm³/mol. The molecule has 2 aromatic carbocycles. The molecule has 0 heterocycles. The van der Waals surface area contributed by atoms with Crippen LogP contribution in [-0.4, -0.2) is 25.5 Å². The molecule has 0 aliphatic heterocycles. The van der Waals surface area contributed by atoms with Gasteiger partial charge in [-0.2, -0.15) is 0 Å². The molecule has 1 unspecified atom stereocenters. The van der Waals surface area contributed by atoms with E-state index in [0.717, 1.165) is 5.56 Å². The number of hydrogen-bond acceptors (Lipinski definition) is 4. The number of methoxy groups -OCH3 is 1. The average molecular weight is 363 g/mol. The molecular weight excluding hydrogens is 344 g/mol. The van der Waals surface area contributed by atoms with Gasteiger partial charge in [-0.3, -0.25) is 9.59 Å². The van der Waals surface area contributed by atoms with E-state index in [1.54, 1.807) is 30.3 Å². The molecule has 3 N–H and O–H groups in total. The van der Waals surface area contributed by atoms with Crippen LogP contribution in [0.3, 0.4) is 0 Å².